The highest BCUT2D eigenvalue weighted by Crippen LogP contribution is 2.40. The number of rotatable bonds is 19. The summed E-state index contributed by atoms with van der Waals surface area (Å²) >= 11 is 14.7. The van der Waals surface area contributed by atoms with E-state index in [4.69, 9.17) is 47.7 Å². The van der Waals surface area contributed by atoms with Crippen LogP contribution in [0.2, 0.25) is 10.4 Å². The van der Waals surface area contributed by atoms with Crippen LogP contribution in [0.25, 0.3) is 39.5 Å². The van der Waals surface area contributed by atoms with Gasteiger partial charge in [-0.25, -0.2) is 34.4 Å². The molecule has 2 aromatic carbocycles. The monoisotopic (exact) mass is 1450 g/mol. The summed E-state index contributed by atoms with van der Waals surface area (Å²) in [5.74, 6) is 1.20. The van der Waals surface area contributed by atoms with Crippen LogP contribution in [0.15, 0.2) is 141 Å². The molecule has 2 amide bonds. The summed E-state index contributed by atoms with van der Waals surface area (Å²) in [5, 5.41) is 26.2. The average molecular weight is 1460 g/mol. The number of nitrogen functional groups attached to an aromatic ring is 1. The summed E-state index contributed by atoms with van der Waals surface area (Å²) in [6.07, 6.45) is 27.2. The lowest BCUT2D eigenvalue weighted by atomic mass is 9.82. The molecule has 0 atom stereocenters. The number of nitrogens with two attached hydrogens (primary N) is 1. The fraction of sp³-hybridized carbons (Fsp3) is 0.323. The number of carbonyl (C=O) groups excluding carboxylic acids is 2. The van der Waals surface area contributed by atoms with Gasteiger partial charge in [-0.1, -0.05) is 24.8 Å². The van der Waals surface area contributed by atoms with Crippen LogP contribution >= 0.6 is 39.1 Å². The number of halogens is 3. The molecule has 11 aromatic rings. The van der Waals surface area contributed by atoms with E-state index in [0.717, 1.165) is 75.8 Å². The van der Waals surface area contributed by atoms with Crippen molar-refractivity contribution in [2.24, 2.45) is 21.1 Å². The van der Waals surface area contributed by atoms with Gasteiger partial charge in [0.1, 0.15) is 27.1 Å². The number of hydrogen-bond acceptors (Lipinski definition) is 22. The van der Waals surface area contributed by atoms with Crippen molar-refractivity contribution < 1.29 is 28.4 Å². The van der Waals surface area contributed by atoms with Gasteiger partial charge in [0.2, 0.25) is 17.1 Å². The first-order valence-corrected chi connectivity index (χ1v) is 32.3. The number of benzene rings is 2. The Hall–Kier alpha value is -9.96. The van der Waals surface area contributed by atoms with Crippen molar-refractivity contribution in [3.63, 3.8) is 0 Å². The number of hydrogen-bond donors (Lipinski definition) is 4. The van der Waals surface area contributed by atoms with Gasteiger partial charge < -0.3 is 60.1 Å². The Bertz CT molecular complexity index is 4580. The van der Waals surface area contributed by atoms with Crippen LogP contribution in [0.1, 0.15) is 27.7 Å². The van der Waals surface area contributed by atoms with E-state index in [1.165, 1.54) is 12.2 Å². The number of likely N-dealkylation sites (N-methyl/N-ethyl adjacent to an activating group) is 4. The number of aryl methyl sites for hydroxylation is 3. The third-order valence-corrected chi connectivity index (χ3v) is 16.6. The molecule has 12 rings (SSSR count). The predicted molar refractivity (Wildman–Crippen MR) is 393 cm³/mol. The lowest BCUT2D eigenvalue weighted by Gasteiger charge is -2.32. The quantitative estimate of drug-likeness (QED) is 0.0335. The molecule has 0 radical (unpaired) electrons. The topological polar surface area (TPSA) is 303 Å². The second kappa shape index (κ2) is 33.1. The zero-order valence-corrected chi connectivity index (χ0v) is 61.1. The molecule has 99 heavy (non-hydrogen) atoms. The van der Waals surface area contributed by atoms with E-state index in [0.29, 0.717) is 56.5 Å². The molecule has 0 bridgehead atoms. The van der Waals surface area contributed by atoms with Crippen molar-refractivity contribution >= 4 is 120 Å². The maximum absolute atomic E-state index is 12.2. The number of ether oxygens (including phenoxy) is 2. The van der Waals surface area contributed by atoms with Gasteiger partial charge in [-0.2, -0.15) is 15.3 Å². The maximum atomic E-state index is 12.2. The Morgan fingerprint density at radius 3 is 1.66 bits per heavy atom. The first kappa shape index (κ1) is 74.8. The van der Waals surface area contributed by atoms with Crippen molar-refractivity contribution in [1.82, 2.24) is 87.5 Å². The second-order valence-electron chi connectivity index (χ2n) is 24.1. The van der Waals surface area contributed by atoms with Crippen LogP contribution in [-0.2, 0) is 40.0 Å². The van der Waals surface area contributed by atoms with Gasteiger partial charge >= 0.3 is 7.12 Å². The number of amides is 2. The van der Waals surface area contributed by atoms with Crippen LogP contribution in [0.4, 0.5) is 39.9 Å². The molecule has 1 aliphatic rings. The fourth-order valence-corrected chi connectivity index (χ4v) is 10.2. The number of nitrogens with zero attached hydrogens (tertiary/aromatic N) is 20. The summed E-state index contributed by atoms with van der Waals surface area (Å²) in [4.78, 5) is 57.0. The Morgan fingerprint density at radius 1 is 0.606 bits per heavy atom. The largest absolute Gasteiger partial charge is 0.498 e. The first-order valence-electron chi connectivity index (χ1n) is 30.7. The highest BCUT2D eigenvalue weighted by Gasteiger charge is 2.52. The summed E-state index contributed by atoms with van der Waals surface area (Å²) in [5.41, 5.74) is 16.1. The van der Waals surface area contributed by atoms with Crippen molar-refractivity contribution in [3.8, 4) is 34.0 Å². The molecular weight excluding hydrogens is 1370 g/mol. The molecule has 5 N–H and O–H groups in total. The molecule has 0 unspecified atom stereocenters. The third kappa shape index (κ3) is 19.2. The van der Waals surface area contributed by atoms with Crippen molar-refractivity contribution in [3.05, 3.63) is 151 Å². The molecule has 10 heterocycles. The van der Waals surface area contributed by atoms with Gasteiger partial charge in [0, 0.05) is 121 Å². The lowest BCUT2D eigenvalue weighted by Crippen LogP contribution is -2.41. The number of methoxy groups -OCH3 is 2. The van der Waals surface area contributed by atoms with Crippen molar-refractivity contribution in [1.29, 1.82) is 0 Å². The van der Waals surface area contributed by atoms with Crippen LogP contribution in [0, 0.1) is 0 Å². The minimum atomic E-state index is -0.302. The van der Waals surface area contributed by atoms with Crippen LogP contribution in [-0.4, -0.2) is 200 Å². The lowest BCUT2D eigenvalue weighted by molar-refractivity contribution is -0.112. The molecule has 9 aromatic heterocycles. The molecular formula is C65H82BBrCl2N24O6. The predicted octanol–water partition coefficient (Wildman–Crippen LogP) is 8.45. The van der Waals surface area contributed by atoms with E-state index in [-0.39, 0.29) is 35.4 Å². The normalized spacial score (nSPS) is 12.7. The zero-order chi connectivity index (χ0) is 72.0. The Kier molecular flexibility index (Phi) is 25.0. The van der Waals surface area contributed by atoms with E-state index in [2.05, 4.69) is 110 Å². The fourth-order valence-electron chi connectivity index (χ4n) is 9.50. The molecule has 1 saturated heterocycles. The van der Waals surface area contributed by atoms with Crippen LogP contribution in [0.5, 0.6) is 11.5 Å². The standard InChI is InChI=1S/C25H31N9O2.C15H24N4O2.C10H17BN2O2.C9H7ClN6.C6H3BrClN3/c1-7-25(35)30-18-10-19(22(36-6)11-20(18)32(4)9-8-31(2)3)29-23-16-34-21(13-27-24(34)14-26-23)17-12-28-33(5)15-17;1-6-15(20)17-12-9-11(16)14(21-5)10-13(12)19(4)8-7-18(2)3;1-9(2)10(3,4)15-11(14-9)8-6-12-13(5)7-8;1-15-5-6(2-13-15)7-3-11-8-4-12-9(10)14-16(7)8;7-4-1-10-6-2-9-5(8)3-11(4)6/h7,10-16,29H,1,8-9H2,2-6H3,(H,30,35);6,9-10H,1,7-8,16H2,2-5H3,(H,17,20);6-7H,1-5H3;2-5H,1H3;1-3H. The maximum Gasteiger partial charge on any atom is 0.498 e. The SMILES string of the molecule is C=CC(=O)Nc1cc(N)c(OC)cc1N(C)CCN(C)C.C=CC(=O)Nc1cc(Nc2cn3c(-c4cnn(C)c4)cnc3cn2)c(OC)cc1N(C)CCN(C)C.Clc1cn2c(Br)cnc2cn1.Cn1cc(-c2cnc3cnc(Cl)nn23)cn1.Cn1cc(B2OC(C)(C)C(C)(C)O2)cn1. The summed E-state index contributed by atoms with van der Waals surface area (Å²) in [7, 11) is 20.5. The van der Waals surface area contributed by atoms with Gasteiger partial charge in [-0.15, -0.1) is 5.10 Å². The van der Waals surface area contributed by atoms with E-state index in [9.17, 15) is 9.59 Å². The summed E-state index contributed by atoms with van der Waals surface area (Å²) < 4.78 is 34.2. The number of nitrogens with one attached hydrogen (secondary N) is 3. The number of imidazole rings is 3. The molecule has 1 aliphatic heterocycles. The Morgan fingerprint density at radius 2 is 1.11 bits per heavy atom. The molecule has 0 saturated carbocycles. The van der Waals surface area contributed by atoms with E-state index in [1.54, 1.807) is 101 Å². The number of fused-ring (bicyclic) bond motifs is 3. The average Bonchev–Trinajstić information content (AvgIpc) is 1.68. The molecule has 34 heteroatoms. The molecule has 0 spiro atoms. The number of carbonyl (C=O) groups is 2. The molecule has 1 fully saturated rings. The molecule has 0 aliphatic carbocycles. The smallest absolute Gasteiger partial charge is 0.495 e. The number of anilines is 7. The van der Waals surface area contributed by atoms with Crippen molar-refractivity contribution in [2.75, 3.05) is 114 Å². The Balaban J connectivity index is 0.000000169. The van der Waals surface area contributed by atoms with Crippen LogP contribution < -0.4 is 46.4 Å². The van der Waals surface area contributed by atoms with E-state index in [1.807, 2.05) is 148 Å². The van der Waals surface area contributed by atoms with Gasteiger partial charge in [-0.05, 0) is 108 Å². The van der Waals surface area contributed by atoms with E-state index < -0.39 is 0 Å². The first-order chi connectivity index (χ1) is 47.0. The number of aromatic nitrogens is 16. The minimum Gasteiger partial charge on any atom is -0.495 e. The van der Waals surface area contributed by atoms with Gasteiger partial charge in [0.25, 0.3) is 0 Å². The van der Waals surface area contributed by atoms with Gasteiger partial charge in [0.15, 0.2) is 16.9 Å². The summed E-state index contributed by atoms with van der Waals surface area (Å²) in [6, 6.07) is 7.25. The van der Waals surface area contributed by atoms with Crippen molar-refractivity contribution in [2.45, 2.75) is 38.9 Å². The van der Waals surface area contributed by atoms with E-state index >= 15 is 0 Å². The minimum absolute atomic E-state index is 0.190. The van der Waals surface area contributed by atoms with Gasteiger partial charge in [0.05, 0.1) is 127 Å². The highest BCUT2D eigenvalue weighted by atomic mass is 79.9. The van der Waals surface area contributed by atoms with Gasteiger partial charge in [-0.3, -0.25) is 32.4 Å². The highest BCUT2D eigenvalue weighted by molar-refractivity contribution is 9.10. The summed E-state index contributed by atoms with van der Waals surface area (Å²) in [6.45, 7) is 18.5. The Labute approximate surface area is 592 Å². The zero-order valence-electron chi connectivity index (χ0n) is 58.0. The molecule has 522 valence electrons. The third-order valence-electron chi connectivity index (χ3n) is 15.6. The second-order valence-corrected chi connectivity index (χ2v) is 25.6. The van der Waals surface area contributed by atoms with Crippen LogP contribution in [0.3, 0.4) is 0 Å². The molecule has 30 nitrogen and oxygen atoms in total.